The summed E-state index contributed by atoms with van der Waals surface area (Å²) in [4.78, 5) is 14.8. The number of amides is 1. The fourth-order valence-corrected chi connectivity index (χ4v) is 2.95. The minimum absolute atomic E-state index is 0.138. The SMILES string of the molecule is CCc1nn(C)cc1C(=O)N(Cc1ccccc1)CC(O)c1ccco1. The molecule has 0 aliphatic heterocycles. The van der Waals surface area contributed by atoms with Crippen LogP contribution in [0, 0.1) is 0 Å². The van der Waals surface area contributed by atoms with Gasteiger partial charge >= 0.3 is 0 Å². The summed E-state index contributed by atoms with van der Waals surface area (Å²) in [5, 5.41) is 14.8. The second-order valence-electron chi connectivity index (χ2n) is 6.22. The van der Waals surface area contributed by atoms with E-state index in [0.717, 1.165) is 11.3 Å². The number of hydrogen-bond donors (Lipinski definition) is 1. The molecule has 1 aromatic carbocycles. The summed E-state index contributed by atoms with van der Waals surface area (Å²) in [5.41, 5.74) is 2.31. The molecule has 6 nitrogen and oxygen atoms in total. The number of aliphatic hydroxyl groups excluding tert-OH is 1. The Morgan fingerprint density at radius 3 is 2.69 bits per heavy atom. The molecule has 0 radical (unpaired) electrons. The van der Waals surface area contributed by atoms with Crippen molar-refractivity contribution in [3.63, 3.8) is 0 Å². The van der Waals surface area contributed by atoms with Gasteiger partial charge in [-0.05, 0) is 24.1 Å². The zero-order valence-electron chi connectivity index (χ0n) is 15.0. The van der Waals surface area contributed by atoms with Crippen LogP contribution in [0.1, 0.15) is 40.4 Å². The lowest BCUT2D eigenvalue weighted by molar-refractivity contribution is 0.0562. The van der Waals surface area contributed by atoms with Gasteiger partial charge in [0.2, 0.25) is 0 Å². The highest BCUT2D eigenvalue weighted by atomic mass is 16.4. The molecular formula is C20H23N3O3. The minimum Gasteiger partial charge on any atom is -0.467 e. The van der Waals surface area contributed by atoms with Crippen molar-refractivity contribution in [1.29, 1.82) is 0 Å². The summed E-state index contributed by atoms with van der Waals surface area (Å²) in [6.07, 6.45) is 3.03. The first-order valence-electron chi connectivity index (χ1n) is 8.65. The Labute approximate surface area is 152 Å². The van der Waals surface area contributed by atoms with Gasteiger partial charge in [0.15, 0.2) is 0 Å². The molecule has 1 unspecified atom stereocenters. The molecule has 3 rings (SSSR count). The fraction of sp³-hybridized carbons (Fsp3) is 0.300. The van der Waals surface area contributed by atoms with Crippen LogP contribution in [0.3, 0.4) is 0 Å². The van der Waals surface area contributed by atoms with E-state index in [1.54, 1.807) is 35.0 Å². The van der Waals surface area contributed by atoms with Gasteiger partial charge in [-0.15, -0.1) is 0 Å². The van der Waals surface area contributed by atoms with Crippen LogP contribution in [0.4, 0.5) is 0 Å². The van der Waals surface area contributed by atoms with Crippen molar-refractivity contribution in [1.82, 2.24) is 14.7 Å². The molecular weight excluding hydrogens is 330 g/mol. The van der Waals surface area contributed by atoms with Gasteiger partial charge in [-0.25, -0.2) is 0 Å². The van der Waals surface area contributed by atoms with Crippen LogP contribution in [0.15, 0.2) is 59.3 Å². The first-order valence-corrected chi connectivity index (χ1v) is 8.65. The Morgan fingerprint density at radius 2 is 2.04 bits per heavy atom. The van der Waals surface area contributed by atoms with Crippen molar-refractivity contribution < 1.29 is 14.3 Å². The average Bonchev–Trinajstić information content (AvgIpc) is 3.31. The molecule has 1 amide bonds. The average molecular weight is 353 g/mol. The molecule has 6 heteroatoms. The number of furan rings is 1. The van der Waals surface area contributed by atoms with Crippen LogP contribution in [0.25, 0.3) is 0 Å². The van der Waals surface area contributed by atoms with Crippen molar-refractivity contribution in [3.05, 3.63) is 77.5 Å². The number of hydrogen-bond acceptors (Lipinski definition) is 4. The Bertz CT molecular complexity index is 841. The van der Waals surface area contributed by atoms with Crippen molar-refractivity contribution >= 4 is 5.91 Å². The molecule has 0 spiro atoms. The van der Waals surface area contributed by atoms with E-state index in [9.17, 15) is 9.90 Å². The largest absolute Gasteiger partial charge is 0.467 e. The number of carbonyl (C=O) groups is 1. The summed E-state index contributed by atoms with van der Waals surface area (Å²) >= 11 is 0. The van der Waals surface area contributed by atoms with Crippen LogP contribution in [0.5, 0.6) is 0 Å². The lowest BCUT2D eigenvalue weighted by Crippen LogP contribution is -2.34. The lowest BCUT2D eigenvalue weighted by Gasteiger charge is -2.25. The third-order valence-electron chi connectivity index (χ3n) is 4.24. The number of aromatic nitrogens is 2. The number of aryl methyl sites for hydroxylation is 2. The molecule has 2 heterocycles. The molecule has 3 aromatic rings. The zero-order valence-corrected chi connectivity index (χ0v) is 15.0. The Morgan fingerprint density at radius 1 is 1.27 bits per heavy atom. The molecule has 136 valence electrons. The summed E-state index contributed by atoms with van der Waals surface area (Å²) in [6.45, 7) is 2.51. The molecule has 2 aromatic heterocycles. The van der Waals surface area contributed by atoms with E-state index in [2.05, 4.69) is 5.10 Å². The van der Waals surface area contributed by atoms with Crippen molar-refractivity contribution in [2.45, 2.75) is 26.0 Å². The number of aliphatic hydroxyl groups is 1. The molecule has 0 fully saturated rings. The van der Waals surface area contributed by atoms with Crippen molar-refractivity contribution in [3.8, 4) is 0 Å². The molecule has 0 saturated carbocycles. The smallest absolute Gasteiger partial charge is 0.257 e. The molecule has 0 bridgehead atoms. The summed E-state index contributed by atoms with van der Waals surface area (Å²) in [6, 6.07) is 13.2. The van der Waals surface area contributed by atoms with Gasteiger partial charge < -0.3 is 14.4 Å². The standard InChI is InChI=1S/C20H23N3O3/c1-3-17-16(13-22(2)21-17)20(25)23(12-15-8-5-4-6-9-15)14-18(24)19-10-7-11-26-19/h4-11,13,18,24H,3,12,14H2,1-2H3. The lowest BCUT2D eigenvalue weighted by atomic mass is 10.1. The quantitative estimate of drug-likeness (QED) is 0.709. The molecule has 0 saturated heterocycles. The predicted molar refractivity (Wildman–Crippen MR) is 97.4 cm³/mol. The Balaban J connectivity index is 1.87. The number of carbonyl (C=O) groups excluding carboxylic acids is 1. The molecule has 0 aliphatic carbocycles. The van der Waals surface area contributed by atoms with Crippen LogP contribution in [-0.2, 0) is 20.0 Å². The fourth-order valence-electron chi connectivity index (χ4n) is 2.95. The Hall–Kier alpha value is -2.86. The molecule has 0 aliphatic rings. The highest BCUT2D eigenvalue weighted by Crippen LogP contribution is 2.19. The van der Waals surface area contributed by atoms with Gasteiger partial charge in [-0.1, -0.05) is 37.3 Å². The van der Waals surface area contributed by atoms with E-state index in [4.69, 9.17) is 4.42 Å². The third-order valence-corrected chi connectivity index (χ3v) is 4.24. The second-order valence-corrected chi connectivity index (χ2v) is 6.22. The maximum absolute atomic E-state index is 13.2. The maximum atomic E-state index is 13.2. The Kier molecular flexibility index (Phi) is 5.53. The van der Waals surface area contributed by atoms with Gasteiger partial charge in [0.25, 0.3) is 5.91 Å². The topological polar surface area (TPSA) is 71.5 Å². The highest BCUT2D eigenvalue weighted by Gasteiger charge is 2.24. The minimum atomic E-state index is -0.889. The van der Waals surface area contributed by atoms with E-state index < -0.39 is 6.10 Å². The van der Waals surface area contributed by atoms with Gasteiger partial charge in [0.05, 0.1) is 24.1 Å². The molecule has 26 heavy (non-hydrogen) atoms. The van der Waals surface area contributed by atoms with E-state index >= 15 is 0 Å². The van der Waals surface area contributed by atoms with Gasteiger partial charge in [0, 0.05) is 19.8 Å². The summed E-state index contributed by atoms with van der Waals surface area (Å²) in [7, 11) is 1.80. The van der Waals surface area contributed by atoms with Gasteiger partial charge in [0.1, 0.15) is 11.9 Å². The second kappa shape index (κ2) is 8.01. The number of nitrogens with zero attached hydrogens (tertiary/aromatic N) is 3. The summed E-state index contributed by atoms with van der Waals surface area (Å²) < 4.78 is 6.92. The normalized spacial score (nSPS) is 12.1. The van der Waals surface area contributed by atoms with E-state index in [-0.39, 0.29) is 12.5 Å². The van der Waals surface area contributed by atoms with Crippen LogP contribution >= 0.6 is 0 Å². The van der Waals surface area contributed by atoms with E-state index in [0.29, 0.717) is 24.3 Å². The molecule has 1 N–H and O–H groups in total. The summed E-state index contributed by atoms with van der Waals surface area (Å²) in [5.74, 6) is 0.294. The van der Waals surface area contributed by atoms with E-state index in [1.807, 2.05) is 37.3 Å². The predicted octanol–water partition coefficient (Wildman–Crippen LogP) is 2.95. The number of rotatable bonds is 7. The van der Waals surface area contributed by atoms with Crippen LogP contribution in [-0.4, -0.2) is 32.2 Å². The highest BCUT2D eigenvalue weighted by molar-refractivity contribution is 5.95. The first kappa shape index (κ1) is 17.9. The third kappa shape index (κ3) is 4.03. The molecule has 1 atom stereocenters. The zero-order chi connectivity index (χ0) is 18.5. The monoisotopic (exact) mass is 353 g/mol. The van der Waals surface area contributed by atoms with Crippen molar-refractivity contribution in [2.75, 3.05) is 6.54 Å². The van der Waals surface area contributed by atoms with Crippen LogP contribution in [0.2, 0.25) is 0 Å². The number of benzene rings is 1. The van der Waals surface area contributed by atoms with E-state index in [1.165, 1.54) is 6.26 Å². The van der Waals surface area contributed by atoms with Gasteiger partial charge in [-0.2, -0.15) is 5.10 Å². The maximum Gasteiger partial charge on any atom is 0.257 e. The first-order chi connectivity index (χ1) is 12.6. The van der Waals surface area contributed by atoms with Crippen LogP contribution < -0.4 is 0 Å². The van der Waals surface area contributed by atoms with Crippen molar-refractivity contribution in [2.24, 2.45) is 7.05 Å². The van der Waals surface area contributed by atoms with Gasteiger partial charge in [-0.3, -0.25) is 9.48 Å².